The second-order valence-corrected chi connectivity index (χ2v) is 5.37. The number of thiophene rings is 1. The molecule has 1 aliphatic rings. The van der Waals surface area contributed by atoms with Crippen molar-refractivity contribution in [1.29, 1.82) is 0 Å². The molecular formula is C12H19NO2S. The lowest BCUT2D eigenvalue weighted by atomic mass is 9.91. The van der Waals surface area contributed by atoms with Gasteiger partial charge in [-0.05, 0) is 30.7 Å². The maximum absolute atomic E-state index is 9.58. The van der Waals surface area contributed by atoms with Crippen LogP contribution in [-0.4, -0.2) is 30.5 Å². The lowest BCUT2D eigenvalue weighted by Gasteiger charge is -2.31. The molecule has 1 saturated heterocycles. The van der Waals surface area contributed by atoms with Crippen molar-refractivity contribution < 1.29 is 9.84 Å². The number of hydrogen-bond acceptors (Lipinski definition) is 4. The van der Waals surface area contributed by atoms with Gasteiger partial charge in [0.2, 0.25) is 0 Å². The average molecular weight is 241 g/mol. The Balaban J connectivity index is 1.92. The van der Waals surface area contributed by atoms with E-state index in [2.05, 4.69) is 22.8 Å². The Morgan fingerprint density at radius 2 is 2.38 bits per heavy atom. The minimum Gasteiger partial charge on any atom is -0.394 e. The van der Waals surface area contributed by atoms with Gasteiger partial charge in [0.05, 0.1) is 6.61 Å². The van der Waals surface area contributed by atoms with E-state index in [1.807, 2.05) is 0 Å². The van der Waals surface area contributed by atoms with Gasteiger partial charge in [-0.1, -0.05) is 6.07 Å². The van der Waals surface area contributed by atoms with Crippen LogP contribution < -0.4 is 5.32 Å². The summed E-state index contributed by atoms with van der Waals surface area (Å²) in [5, 5.41) is 15.2. The Morgan fingerprint density at radius 3 is 3.12 bits per heavy atom. The molecule has 1 aromatic rings. The van der Waals surface area contributed by atoms with Crippen molar-refractivity contribution in [1.82, 2.24) is 5.32 Å². The van der Waals surface area contributed by atoms with Crippen LogP contribution in [0.5, 0.6) is 0 Å². The molecule has 1 aliphatic heterocycles. The lowest BCUT2D eigenvalue weighted by molar-refractivity contribution is 0.113. The molecule has 90 valence electrons. The highest BCUT2D eigenvalue weighted by atomic mass is 32.1. The monoisotopic (exact) mass is 241 g/mol. The molecule has 16 heavy (non-hydrogen) atoms. The second kappa shape index (κ2) is 5.77. The van der Waals surface area contributed by atoms with Crippen LogP contribution >= 0.6 is 11.3 Å². The molecule has 0 amide bonds. The van der Waals surface area contributed by atoms with E-state index in [0.29, 0.717) is 0 Å². The molecule has 1 aromatic heterocycles. The Bertz CT molecular complexity index is 292. The van der Waals surface area contributed by atoms with E-state index in [-0.39, 0.29) is 12.1 Å². The van der Waals surface area contributed by atoms with Crippen molar-refractivity contribution >= 4 is 11.3 Å². The molecule has 2 rings (SSSR count). The quantitative estimate of drug-likeness (QED) is 0.844. The number of nitrogens with one attached hydrogen (secondary N) is 1. The van der Waals surface area contributed by atoms with Crippen LogP contribution in [0.25, 0.3) is 0 Å². The smallest absolute Gasteiger partial charge is 0.0614 e. The summed E-state index contributed by atoms with van der Waals surface area (Å²) in [6.07, 6.45) is 2.92. The summed E-state index contributed by atoms with van der Waals surface area (Å²) in [6, 6.07) is 4.18. The number of ether oxygens (including phenoxy) is 1. The Labute approximate surface area is 100 Å². The molecule has 0 bridgehead atoms. The first-order valence-corrected chi connectivity index (χ1v) is 6.69. The van der Waals surface area contributed by atoms with Crippen LogP contribution in [0.3, 0.4) is 0 Å². The molecule has 2 N–H and O–H groups in total. The highest BCUT2D eigenvalue weighted by molar-refractivity contribution is 7.09. The number of hydrogen-bond donors (Lipinski definition) is 2. The van der Waals surface area contributed by atoms with E-state index in [0.717, 1.165) is 39.0 Å². The van der Waals surface area contributed by atoms with E-state index in [1.165, 1.54) is 4.88 Å². The van der Waals surface area contributed by atoms with Crippen LogP contribution in [0.4, 0.5) is 0 Å². The van der Waals surface area contributed by atoms with E-state index < -0.39 is 0 Å². The highest BCUT2D eigenvalue weighted by Gasteiger charge is 2.29. The molecule has 1 unspecified atom stereocenters. The van der Waals surface area contributed by atoms with Crippen molar-refractivity contribution in [2.75, 3.05) is 19.8 Å². The van der Waals surface area contributed by atoms with Gasteiger partial charge in [0.25, 0.3) is 0 Å². The Kier molecular flexibility index (Phi) is 4.35. The molecule has 0 radical (unpaired) electrons. The molecule has 2 heterocycles. The molecule has 0 aromatic carbocycles. The third-order valence-electron chi connectivity index (χ3n) is 3.19. The van der Waals surface area contributed by atoms with Gasteiger partial charge in [-0.15, -0.1) is 11.3 Å². The van der Waals surface area contributed by atoms with Gasteiger partial charge in [0.1, 0.15) is 0 Å². The first kappa shape index (κ1) is 12.0. The van der Waals surface area contributed by atoms with Crippen LogP contribution in [0.2, 0.25) is 0 Å². The molecule has 3 nitrogen and oxygen atoms in total. The van der Waals surface area contributed by atoms with Gasteiger partial charge in [0.15, 0.2) is 0 Å². The summed E-state index contributed by atoms with van der Waals surface area (Å²) in [6.45, 7) is 2.61. The predicted molar refractivity (Wildman–Crippen MR) is 65.6 cm³/mol. The summed E-state index contributed by atoms with van der Waals surface area (Å²) in [7, 11) is 0. The number of aliphatic hydroxyl groups is 1. The summed E-state index contributed by atoms with van der Waals surface area (Å²) >= 11 is 1.75. The number of rotatable bonds is 4. The van der Waals surface area contributed by atoms with Gasteiger partial charge in [-0.3, -0.25) is 0 Å². The zero-order valence-corrected chi connectivity index (χ0v) is 10.3. The molecule has 0 aliphatic carbocycles. The summed E-state index contributed by atoms with van der Waals surface area (Å²) in [4.78, 5) is 1.32. The Hall–Kier alpha value is -0.420. The van der Waals surface area contributed by atoms with Crippen molar-refractivity contribution in [3.05, 3.63) is 22.4 Å². The zero-order valence-electron chi connectivity index (χ0n) is 9.45. The zero-order chi connectivity index (χ0) is 11.3. The fourth-order valence-electron chi connectivity index (χ4n) is 2.09. The van der Waals surface area contributed by atoms with Crippen molar-refractivity contribution in [3.63, 3.8) is 0 Å². The normalized spacial score (nSPS) is 26.6. The summed E-state index contributed by atoms with van der Waals surface area (Å²) in [5.41, 5.74) is -0.138. The minimum atomic E-state index is -0.138. The van der Waals surface area contributed by atoms with Crippen LogP contribution in [-0.2, 0) is 11.3 Å². The average Bonchev–Trinajstić information content (AvgIpc) is 2.72. The van der Waals surface area contributed by atoms with Gasteiger partial charge < -0.3 is 15.2 Å². The standard InChI is InChI=1S/C12H19NO2S/c14-10-12(4-2-6-15-7-5-12)13-9-11-3-1-8-16-11/h1,3,8,13-14H,2,4-7,9-10H2. The number of aliphatic hydroxyl groups excluding tert-OH is 1. The molecule has 0 saturated carbocycles. The van der Waals surface area contributed by atoms with Gasteiger partial charge in [-0.25, -0.2) is 0 Å². The third-order valence-corrected chi connectivity index (χ3v) is 4.07. The van der Waals surface area contributed by atoms with Gasteiger partial charge >= 0.3 is 0 Å². The second-order valence-electron chi connectivity index (χ2n) is 4.34. The van der Waals surface area contributed by atoms with Crippen LogP contribution in [0.1, 0.15) is 24.1 Å². The van der Waals surface area contributed by atoms with Gasteiger partial charge in [-0.2, -0.15) is 0 Å². The fraction of sp³-hybridized carbons (Fsp3) is 0.667. The van der Waals surface area contributed by atoms with E-state index >= 15 is 0 Å². The lowest BCUT2D eigenvalue weighted by Crippen LogP contribution is -2.48. The largest absolute Gasteiger partial charge is 0.394 e. The van der Waals surface area contributed by atoms with Crippen molar-refractivity contribution in [3.8, 4) is 0 Å². The molecule has 1 fully saturated rings. The topological polar surface area (TPSA) is 41.5 Å². The van der Waals surface area contributed by atoms with E-state index in [1.54, 1.807) is 11.3 Å². The Morgan fingerprint density at radius 1 is 1.44 bits per heavy atom. The molecule has 0 spiro atoms. The summed E-state index contributed by atoms with van der Waals surface area (Å²) in [5.74, 6) is 0. The molecule has 1 atom stereocenters. The fourth-order valence-corrected chi connectivity index (χ4v) is 2.73. The maximum atomic E-state index is 9.58. The van der Waals surface area contributed by atoms with E-state index in [9.17, 15) is 5.11 Å². The summed E-state index contributed by atoms with van der Waals surface area (Å²) < 4.78 is 5.44. The van der Waals surface area contributed by atoms with Crippen LogP contribution in [0.15, 0.2) is 17.5 Å². The van der Waals surface area contributed by atoms with Crippen molar-refractivity contribution in [2.24, 2.45) is 0 Å². The third kappa shape index (κ3) is 3.04. The van der Waals surface area contributed by atoms with Crippen molar-refractivity contribution in [2.45, 2.75) is 31.3 Å². The SMILES string of the molecule is OCC1(NCc2cccs2)CCCOCC1. The molecule has 4 heteroatoms. The molecular weight excluding hydrogens is 222 g/mol. The first-order chi connectivity index (χ1) is 7.85. The first-order valence-electron chi connectivity index (χ1n) is 5.81. The minimum absolute atomic E-state index is 0.138. The highest BCUT2D eigenvalue weighted by Crippen LogP contribution is 2.22. The van der Waals surface area contributed by atoms with Crippen LogP contribution in [0, 0.1) is 0 Å². The predicted octanol–water partition coefficient (Wildman–Crippen LogP) is 1.77. The maximum Gasteiger partial charge on any atom is 0.0614 e. The van der Waals surface area contributed by atoms with E-state index in [4.69, 9.17) is 4.74 Å². The van der Waals surface area contributed by atoms with Gasteiger partial charge in [0, 0.05) is 30.2 Å².